The normalized spacial score (nSPS) is 12.9. The van der Waals surface area contributed by atoms with Gasteiger partial charge in [0, 0.05) is 41.5 Å². The Labute approximate surface area is 319 Å². The predicted octanol–water partition coefficient (Wildman–Crippen LogP) is 11.9. The lowest BCUT2D eigenvalue weighted by molar-refractivity contribution is 0.775. The molecule has 11 rings (SSSR count). The van der Waals surface area contributed by atoms with Gasteiger partial charge in [0.25, 0.3) is 0 Å². The third-order valence-corrected chi connectivity index (χ3v) is 11.4. The van der Waals surface area contributed by atoms with E-state index in [9.17, 15) is 0 Å². The van der Waals surface area contributed by atoms with E-state index in [0.29, 0.717) is 5.82 Å². The second-order valence-electron chi connectivity index (χ2n) is 14.2. The molecule has 2 aliphatic carbocycles. The van der Waals surface area contributed by atoms with Crippen molar-refractivity contribution in [3.8, 4) is 78.4 Å². The fourth-order valence-electron chi connectivity index (χ4n) is 8.95. The smallest absolute Gasteiger partial charge is 0.160 e. The van der Waals surface area contributed by atoms with Gasteiger partial charge in [0.1, 0.15) is 0 Å². The molecule has 256 valence electrons. The highest BCUT2D eigenvalue weighted by atomic mass is 14.9. The summed E-state index contributed by atoms with van der Waals surface area (Å²) < 4.78 is 0. The number of pyridine rings is 2. The van der Waals surface area contributed by atoms with Gasteiger partial charge in [-0.15, -0.1) is 0 Å². The summed E-state index contributed by atoms with van der Waals surface area (Å²) in [5.41, 5.74) is 18.9. The van der Waals surface area contributed by atoms with Gasteiger partial charge < -0.3 is 0 Å². The number of hydrogen-bond donors (Lipinski definition) is 0. The summed E-state index contributed by atoms with van der Waals surface area (Å²) in [7, 11) is 0. The maximum Gasteiger partial charge on any atom is 0.160 e. The monoisotopic (exact) mass is 700 g/mol. The maximum absolute atomic E-state index is 5.29. The van der Waals surface area contributed by atoms with E-state index in [1.807, 2.05) is 36.8 Å². The third kappa shape index (κ3) is 4.78. The molecule has 3 aromatic heterocycles. The molecule has 6 aromatic carbocycles. The molecule has 0 fully saturated rings. The summed E-state index contributed by atoms with van der Waals surface area (Å²) in [6.07, 6.45) is 7.31. The summed E-state index contributed by atoms with van der Waals surface area (Å²) in [6.45, 7) is 0. The molecule has 0 saturated heterocycles. The van der Waals surface area contributed by atoms with Crippen LogP contribution in [-0.4, -0.2) is 19.9 Å². The SMILES string of the molecule is c1cncc(-c2ccc(-c3cc(-c4ccncc4)nc(-c4ccc5c(c4)-c4ccccc4-c4ccccc4C54c5ccccc5-c5ccccc54)n3)cc2)c1. The van der Waals surface area contributed by atoms with Crippen LogP contribution in [0.5, 0.6) is 0 Å². The van der Waals surface area contributed by atoms with Gasteiger partial charge in [0.15, 0.2) is 5.82 Å². The van der Waals surface area contributed by atoms with E-state index in [1.165, 1.54) is 55.6 Å². The van der Waals surface area contributed by atoms with Crippen molar-refractivity contribution in [1.29, 1.82) is 0 Å². The van der Waals surface area contributed by atoms with E-state index in [0.717, 1.165) is 39.2 Å². The van der Waals surface area contributed by atoms with Crippen LogP contribution in [0.25, 0.3) is 78.4 Å². The minimum Gasteiger partial charge on any atom is -0.265 e. The van der Waals surface area contributed by atoms with Crippen molar-refractivity contribution >= 4 is 0 Å². The second kappa shape index (κ2) is 12.4. The van der Waals surface area contributed by atoms with Crippen molar-refractivity contribution in [3.63, 3.8) is 0 Å². The molecule has 3 heterocycles. The number of benzene rings is 6. The van der Waals surface area contributed by atoms with Crippen molar-refractivity contribution in [2.45, 2.75) is 5.41 Å². The van der Waals surface area contributed by atoms with Crippen LogP contribution in [0.4, 0.5) is 0 Å². The summed E-state index contributed by atoms with van der Waals surface area (Å²) in [5.74, 6) is 0.670. The molecule has 2 aliphatic rings. The molecule has 0 unspecified atom stereocenters. The zero-order valence-electron chi connectivity index (χ0n) is 29.8. The van der Waals surface area contributed by atoms with Crippen molar-refractivity contribution in [2.75, 3.05) is 0 Å². The number of rotatable bonds is 4. The second-order valence-corrected chi connectivity index (χ2v) is 14.2. The number of hydrogen-bond acceptors (Lipinski definition) is 4. The molecule has 55 heavy (non-hydrogen) atoms. The molecular formula is C51H32N4. The van der Waals surface area contributed by atoms with Gasteiger partial charge in [0.05, 0.1) is 16.8 Å². The minimum atomic E-state index is -0.530. The molecule has 0 aliphatic heterocycles. The van der Waals surface area contributed by atoms with Gasteiger partial charge in [-0.2, -0.15) is 0 Å². The maximum atomic E-state index is 5.29. The van der Waals surface area contributed by atoms with Crippen LogP contribution < -0.4 is 0 Å². The summed E-state index contributed by atoms with van der Waals surface area (Å²) in [5, 5.41) is 0. The first-order valence-electron chi connectivity index (χ1n) is 18.6. The van der Waals surface area contributed by atoms with Crippen LogP contribution in [0, 0.1) is 0 Å². The zero-order valence-corrected chi connectivity index (χ0v) is 29.8. The van der Waals surface area contributed by atoms with Crippen LogP contribution >= 0.6 is 0 Å². The van der Waals surface area contributed by atoms with Crippen molar-refractivity contribution in [3.05, 3.63) is 217 Å². The quantitative estimate of drug-likeness (QED) is 0.183. The van der Waals surface area contributed by atoms with Gasteiger partial charge in [-0.1, -0.05) is 140 Å². The highest BCUT2D eigenvalue weighted by Gasteiger charge is 2.49. The summed E-state index contributed by atoms with van der Waals surface area (Å²) in [6, 6.07) is 61.3. The number of fused-ring (bicyclic) bond motifs is 12. The van der Waals surface area contributed by atoms with E-state index in [-0.39, 0.29) is 0 Å². The first kappa shape index (κ1) is 31.2. The Hall–Kier alpha value is -7.30. The lowest BCUT2D eigenvalue weighted by atomic mass is 9.66. The molecule has 0 radical (unpaired) electrons. The number of aromatic nitrogens is 4. The van der Waals surface area contributed by atoms with E-state index in [2.05, 4.69) is 162 Å². The van der Waals surface area contributed by atoms with Crippen LogP contribution in [0.15, 0.2) is 195 Å². The highest BCUT2D eigenvalue weighted by Crippen LogP contribution is 2.61. The van der Waals surface area contributed by atoms with Crippen LogP contribution in [0.2, 0.25) is 0 Å². The Morgan fingerprint density at radius 1 is 0.309 bits per heavy atom. The van der Waals surface area contributed by atoms with Gasteiger partial charge in [0.2, 0.25) is 0 Å². The fourth-order valence-corrected chi connectivity index (χ4v) is 8.95. The van der Waals surface area contributed by atoms with E-state index in [1.54, 1.807) is 6.20 Å². The molecule has 0 N–H and O–H groups in total. The van der Waals surface area contributed by atoms with Crippen molar-refractivity contribution in [2.24, 2.45) is 0 Å². The highest BCUT2D eigenvalue weighted by molar-refractivity contribution is 5.98. The molecule has 9 aromatic rings. The molecule has 0 bridgehead atoms. The molecule has 0 atom stereocenters. The number of nitrogens with zero attached hydrogens (tertiary/aromatic N) is 4. The zero-order chi connectivity index (χ0) is 36.3. The topological polar surface area (TPSA) is 51.6 Å². The lowest BCUT2D eigenvalue weighted by Crippen LogP contribution is -2.29. The minimum absolute atomic E-state index is 0.530. The van der Waals surface area contributed by atoms with Crippen LogP contribution in [0.3, 0.4) is 0 Å². The molecule has 1 spiro atoms. The first-order chi connectivity index (χ1) is 27.3. The third-order valence-electron chi connectivity index (χ3n) is 11.4. The Morgan fingerprint density at radius 2 is 0.800 bits per heavy atom. The van der Waals surface area contributed by atoms with Crippen LogP contribution in [-0.2, 0) is 5.41 Å². The average Bonchev–Trinajstić information content (AvgIpc) is 3.52. The van der Waals surface area contributed by atoms with E-state index >= 15 is 0 Å². The molecule has 0 saturated carbocycles. The van der Waals surface area contributed by atoms with Crippen molar-refractivity contribution < 1.29 is 0 Å². The summed E-state index contributed by atoms with van der Waals surface area (Å²) >= 11 is 0. The predicted molar refractivity (Wildman–Crippen MR) is 221 cm³/mol. The molecular weight excluding hydrogens is 669 g/mol. The first-order valence-corrected chi connectivity index (χ1v) is 18.6. The van der Waals surface area contributed by atoms with Crippen molar-refractivity contribution in [1.82, 2.24) is 19.9 Å². The average molecular weight is 701 g/mol. The largest absolute Gasteiger partial charge is 0.265 e. The standard InChI is InChI=1S/C51H32N4/c1-2-12-39-38(11-1)40-13-3-6-16-44(40)51(45-17-7-4-14-41(45)42-15-5-8-18-46(42)51)47-24-23-36(30-43(39)47)50-54-48(31-49(55-50)35-25-28-52-29-26-35)34-21-19-33(20-22-34)37-10-9-27-53-32-37/h1-32H. The molecule has 4 heteroatoms. The van der Waals surface area contributed by atoms with E-state index in [4.69, 9.17) is 9.97 Å². The van der Waals surface area contributed by atoms with Gasteiger partial charge >= 0.3 is 0 Å². The summed E-state index contributed by atoms with van der Waals surface area (Å²) in [4.78, 5) is 19.1. The Balaban J connectivity index is 1.16. The molecule has 0 amide bonds. The van der Waals surface area contributed by atoms with E-state index < -0.39 is 5.41 Å². The Bertz CT molecular complexity index is 2870. The molecule has 4 nitrogen and oxygen atoms in total. The van der Waals surface area contributed by atoms with Gasteiger partial charge in [-0.25, -0.2) is 9.97 Å². The Kier molecular flexibility index (Phi) is 7.04. The Morgan fingerprint density at radius 3 is 1.40 bits per heavy atom. The van der Waals surface area contributed by atoms with Gasteiger partial charge in [-0.3, -0.25) is 9.97 Å². The van der Waals surface area contributed by atoms with Crippen LogP contribution in [0.1, 0.15) is 22.3 Å². The fraction of sp³-hybridized carbons (Fsp3) is 0.0196. The van der Waals surface area contributed by atoms with Gasteiger partial charge in [-0.05, 0) is 97.1 Å². The lowest BCUT2D eigenvalue weighted by Gasteiger charge is -2.35.